The zero-order valence-electron chi connectivity index (χ0n) is 15.2. The average molecular weight is 503 g/mol. The Morgan fingerprint density at radius 1 is 1.14 bits per heavy atom. The fourth-order valence-electron chi connectivity index (χ4n) is 2.59. The first kappa shape index (κ1) is 21.2. The molecule has 0 bridgehead atoms. The van der Waals surface area contributed by atoms with Crippen LogP contribution in [0.5, 0.6) is 0 Å². The molecule has 1 N–H and O–H groups in total. The summed E-state index contributed by atoms with van der Waals surface area (Å²) in [5.74, 6) is 0.535. The van der Waals surface area contributed by atoms with Crippen LogP contribution in [0.4, 0.5) is 5.82 Å². The summed E-state index contributed by atoms with van der Waals surface area (Å²) in [4.78, 5) is 0.180. The van der Waals surface area contributed by atoms with Crippen molar-refractivity contribution >= 4 is 55.0 Å². The second-order valence-corrected chi connectivity index (χ2v) is 9.97. The normalized spacial score (nSPS) is 11.8. The number of anilines is 1. The maximum atomic E-state index is 12.7. The molecule has 148 valence electrons. The Morgan fingerprint density at radius 3 is 2.43 bits per heavy atom. The van der Waals surface area contributed by atoms with Crippen LogP contribution in [0.15, 0.2) is 58.0 Å². The highest BCUT2D eigenvalue weighted by molar-refractivity contribution is 9.10. The largest absolute Gasteiger partial charge is 0.265 e. The van der Waals surface area contributed by atoms with Gasteiger partial charge in [-0.1, -0.05) is 55.2 Å². The molecule has 0 aliphatic rings. The molecule has 0 saturated heterocycles. The standard InChI is InChI=1S/C19H18BrCl2N3O2S/c1-12(2)13-4-7-16(8-5-13)28(26,27)24-19-17(20)11-25(23-19)10-14-3-6-15(21)9-18(14)22/h3-9,11-12H,10H2,1-2H3,(H,23,24). The lowest BCUT2D eigenvalue weighted by atomic mass is 10.0. The fraction of sp³-hybridized carbons (Fsp3) is 0.211. The molecule has 0 amide bonds. The van der Waals surface area contributed by atoms with E-state index in [1.807, 2.05) is 12.1 Å². The topological polar surface area (TPSA) is 64.0 Å². The van der Waals surface area contributed by atoms with E-state index in [0.717, 1.165) is 11.1 Å². The molecule has 28 heavy (non-hydrogen) atoms. The first-order chi connectivity index (χ1) is 13.2. The molecule has 0 aliphatic heterocycles. The lowest BCUT2D eigenvalue weighted by Crippen LogP contribution is -2.14. The van der Waals surface area contributed by atoms with E-state index in [4.69, 9.17) is 23.2 Å². The van der Waals surface area contributed by atoms with E-state index in [1.165, 1.54) is 0 Å². The second kappa shape index (κ2) is 8.45. The van der Waals surface area contributed by atoms with E-state index in [-0.39, 0.29) is 10.7 Å². The Kier molecular flexibility index (Phi) is 6.39. The molecule has 2 aromatic carbocycles. The highest BCUT2D eigenvalue weighted by Gasteiger charge is 2.18. The van der Waals surface area contributed by atoms with E-state index >= 15 is 0 Å². The maximum absolute atomic E-state index is 12.7. The molecule has 3 aromatic rings. The van der Waals surface area contributed by atoms with E-state index < -0.39 is 10.0 Å². The SMILES string of the molecule is CC(C)c1ccc(S(=O)(=O)Nc2nn(Cc3ccc(Cl)cc3Cl)cc2Br)cc1. The number of sulfonamides is 1. The van der Waals surface area contributed by atoms with E-state index in [9.17, 15) is 8.42 Å². The molecule has 0 unspecified atom stereocenters. The molecule has 0 saturated carbocycles. The first-order valence-electron chi connectivity index (χ1n) is 8.45. The molecule has 0 aliphatic carbocycles. The summed E-state index contributed by atoms with van der Waals surface area (Å²) >= 11 is 15.5. The highest BCUT2D eigenvalue weighted by atomic mass is 79.9. The molecular weight excluding hydrogens is 485 g/mol. The number of rotatable bonds is 6. The Hall–Kier alpha value is -1.54. The van der Waals surface area contributed by atoms with Crippen LogP contribution in [-0.2, 0) is 16.6 Å². The van der Waals surface area contributed by atoms with Crippen molar-refractivity contribution in [1.82, 2.24) is 9.78 Å². The number of nitrogens with one attached hydrogen (secondary N) is 1. The van der Waals surface area contributed by atoms with Crippen molar-refractivity contribution in [3.63, 3.8) is 0 Å². The van der Waals surface area contributed by atoms with Gasteiger partial charge >= 0.3 is 0 Å². The predicted octanol–water partition coefficient (Wildman–Crippen LogP) is 5.92. The summed E-state index contributed by atoms with van der Waals surface area (Å²) in [7, 11) is -3.75. The van der Waals surface area contributed by atoms with Gasteiger partial charge in [-0.15, -0.1) is 0 Å². The molecular formula is C19H18BrCl2N3O2S. The maximum Gasteiger partial charge on any atom is 0.263 e. The Bertz CT molecular complexity index is 1100. The third-order valence-electron chi connectivity index (χ3n) is 4.15. The monoisotopic (exact) mass is 501 g/mol. The smallest absolute Gasteiger partial charge is 0.263 e. The number of halogens is 3. The van der Waals surface area contributed by atoms with Crippen molar-refractivity contribution in [3.8, 4) is 0 Å². The highest BCUT2D eigenvalue weighted by Crippen LogP contribution is 2.26. The van der Waals surface area contributed by atoms with Gasteiger partial charge in [-0.05, 0) is 57.2 Å². The van der Waals surface area contributed by atoms with Crippen molar-refractivity contribution in [1.29, 1.82) is 0 Å². The lowest BCUT2D eigenvalue weighted by molar-refractivity contribution is 0.600. The molecule has 1 heterocycles. The van der Waals surface area contributed by atoms with Crippen LogP contribution in [-0.4, -0.2) is 18.2 Å². The predicted molar refractivity (Wildman–Crippen MR) is 117 cm³/mol. The third-order valence-corrected chi connectivity index (χ3v) is 6.67. The Morgan fingerprint density at radius 2 is 1.82 bits per heavy atom. The minimum atomic E-state index is -3.75. The van der Waals surface area contributed by atoms with Crippen LogP contribution in [0.2, 0.25) is 10.0 Å². The summed E-state index contributed by atoms with van der Waals surface area (Å²) in [5, 5.41) is 5.38. The second-order valence-electron chi connectivity index (χ2n) is 6.59. The zero-order valence-corrected chi connectivity index (χ0v) is 19.1. The minimum absolute atomic E-state index is 0.180. The molecule has 3 rings (SSSR count). The molecule has 0 fully saturated rings. The van der Waals surface area contributed by atoms with Crippen molar-refractivity contribution < 1.29 is 8.42 Å². The van der Waals surface area contributed by atoms with Crippen LogP contribution in [0.25, 0.3) is 0 Å². The molecule has 1 aromatic heterocycles. The number of benzene rings is 2. The van der Waals surface area contributed by atoms with Gasteiger partial charge in [0.05, 0.1) is 15.9 Å². The molecule has 0 radical (unpaired) electrons. The summed E-state index contributed by atoms with van der Waals surface area (Å²) in [6, 6.07) is 12.0. The van der Waals surface area contributed by atoms with Crippen LogP contribution in [0.3, 0.4) is 0 Å². The first-order valence-corrected chi connectivity index (χ1v) is 11.5. The van der Waals surface area contributed by atoms with Crippen LogP contribution < -0.4 is 4.72 Å². The van der Waals surface area contributed by atoms with Crippen LogP contribution in [0.1, 0.15) is 30.9 Å². The zero-order chi connectivity index (χ0) is 20.5. The average Bonchev–Trinajstić information content (AvgIpc) is 2.96. The van der Waals surface area contributed by atoms with Gasteiger partial charge in [0.1, 0.15) is 0 Å². The van der Waals surface area contributed by atoms with Crippen molar-refractivity contribution in [2.75, 3.05) is 4.72 Å². The number of hydrogen-bond donors (Lipinski definition) is 1. The lowest BCUT2D eigenvalue weighted by Gasteiger charge is -2.09. The van der Waals surface area contributed by atoms with Crippen molar-refractivity contribution in [2.45, 2.75) is 31.2 Å². The van der Waals surface area contributed by atoms with Gasteiger partial charge < -0.3 is 0 Å². The van der Waals surface area contributed by atoms with Gasteiger partial charge in [0.15, 0.2) is 5.82 Å². The molecule has 0 atom stereocenters. The van der Waals surface area contributed by atoms with Crippen LogP contribution >= 0.6 is 39.1 Å². The van der Waals surface area contributed by atoms with Gasteiger partial charge in [0.2, 0.25) is 0 Å². The van der Waals surface area contributed by atoms with Gasteiger partial charge in [-0.2, -0.15) is 5.10 Å². The minimum Gasteiger partial charge on any atom is -0.265 e. The Labute approximate surface area is 182 Å². The van der Waals surface area contributed by atoms with Gasteiger partial charge in [0.25, 0.3) is 10.0 Å². The number of aromatic nitrogens is 2. The summed E-state index contributed by atoms with van der Waals surface area (Å²) in [5.41, 5.74) is 1.89. The fourth-order valence-corrected chi connectivity index (χ4v) is 4.62. The Balaban J connectivity index is 1.80. The van der Waals surface area contributed by atoms with Gasteiger partial charge in [0, 0.05) is 16.2 Å². The quantitative estimate of drug-likeness (QED) is 0.454. The van der Waals surface area contributed by atoms with Crippen molar-refractivity contribution in [3.05, 3.63) is 74.3 Å². The van der Waals surface area contributed by atoms with Gasteiger partial charge in [-0.3, -0.25) is 9.40 Å². The summed E-state index contributed by atoms with van der Waals surface area (Å²) in [6.07, 6.45) is 1.69. The summed E-state index contributed by atoms with van der Waals surface area (Å²) in [6.45, 7) is 4.48. The number of nitrogens with zero attached hydrogens (tertiary/aromatic N) is 2. The third kappa shape index (κ3) is 4.89. The molecule has 0 spiro atoms. The summed E-state index contributed by atoms with van der Waals surface area (Å²) < 4.78 is 30.0. The van der Waals surface area contributed by atoms with E-state index in [0.29, 0.717) is 27.0 Å². The van der Waals surface area contributed by atoms with E-state index in [1.54, 1.807) is 41.2 Å². The van der Waals surface area contributed by atoms with Gasteiger partial charge in [-0.25, -0.2) is 8.42 Å². The molecule has 5 nitrogen and oxygen atoms in total. The number of hydrogen-bond acceptors (Lipinski definition) is 3. The van der Waals surface area contributed by atoms with Crippen LogP contribution in [0, 0.1) is 0 Å². The van der Waals surface area contributed by atoms with E-state index in [2.05, 4.69) is 39.6 Å². The van der Waals surface area contributed by atoms with Crippen molar-refractivity contribution in [2.24, 2.45) is 0 Å². The molecule has 9 heteroatoms.